The van der Waals surface area contributed by atoms with Gasteiger partial charge in [0, 0.05) is 6.42 Å². The summed E-state index contributed by atoms with van der Waals surface area (Å²) in [4.78, 5) is 43.1. The number of rotatable bonds is 9. The quantitative estimate of drug-likeness (QED) is 0.442. The zero-order valence-corrected chi connectivity index (χ0v) is 12.6. The highest BCUT2D eigenvalue weighted by Crippen LogP contribution is 2.29. The van der Waals surface area contributed by atoms with E-state index in [0.717, 1.165) is 0 Å². The van der Waals surface area contributed by atoms with Gasteiger partial charge in [-0.15, -0.1) is 0 Å². The predicted molar refractivity (Wildman–Crippen MR) is 65.6 cm³/mol. The van der Waals surface area contributed by atoms with Crippen LogP contribution in [0.2, 0.25) is 0 Å². The Hall–Kier alpha value is -2.54. The standard InChI is InChI=1S/C12H12F6O8/c13-11(14,15)8(23)25-4-10(7(21)22,3-1-2-6(19)20)5-26-9(24)12(16,17)18/h1-5H2,(H,19,20)(H,21,22). The minimum Gasteiger partial charge on any atom is -0.481 e. The van der Waals surface area contributed by atoms with Crippen LogP contribution in [0.15, 0.2) is 0 Å². The first-order valence-electron chi connectivity index (χ1n) is 6.55. The second-order valence-corrected chi connectivity index (χ2v) is 4.98. The minimum absolute atomic E-state index is 0.519. The second kappa shape index (κ2) is 8.71. The van der Waals surface area contributed by atoms with E-state index in [-0.39, 0.29) is 0 Å². The largest absolute Gasteiger partial charge is 0.490 e. The van der Waals surface area contributed by atoms with Crippen LogP contribution in [0.3, 0.4) is 0 Å². The van der Waals surface area contributed by atoms with Gasteiger partial charge in [-0.2, -0.15) is 26.3 Å². The molecule has 150 valence electrons. The van der Waals surface area contributed by atoms with Crippen LogP contribution in [0.5, 0.6) is 0 Å². The number of carbonyl (C=O) groups is 4. The number of aliphatic carboxylic acids is 2. The Bertz CT molecular complexity index is 523. The van der Waals surface area contributed by atoms with Gasteiger partial charge in [-0.1, -0.05) is 0 Å². The SMILES string of the molecule is O=C(O)CCCC(COC(=O)C(F)(F)F)(COC(=O)C(F)(F)F)C(=O)O. The highest BCUT2D eigenvalue weighted by Gasteiger charge is 2.48. The van der Waals surface area contributed by atoms with Gasteiger partial charge in [0.2, 0.25) is 0 Å². The number of carboxylic acid groups (broad SMARTS) is 2. The average molecular weight is 398 g/mol. The molecule has 0 aliphatic rings. The molecule has 26 heavy (non-hydrogen) atoms. The van der Waals surface area contributed by atoms with E-state index in [4.69, 9.17) is 10.2 Å². The lowest BCUT2D eigenvalue weighted by molar-refractivity contribution is -0.211. The molecule has 0 aromatic carbocycles. The van der Waals surface area contributed by atoms with Crippen LogP contribution >= 0.6 is 0 Å². The van der Waals surface area contributed by atoms with E-state index < -0.39 is 74.1 Å². The van der Waals surface area contributed by atoms with E-state index in [1.165, 1.54) is 0 Å². The van der Waals surface area contributed by atoms with Gasteiger partial charge in [-0.05, 0) is 12.8 Å². The first kappa shape index (κ1) is 23.5. The van der Waals surface area contributed by atoms with E-state index in [1.54, 1.807) is 0 Å². The topological polar surface area (TPSA) is 127 Å². The fourth-order valence-electron chi connectivity index (χ4n) is 1.57. The minimum atomic E-state index is -5.51. The van der Waals surface area contributed by atoms with E-state index >= 15 is 0 Å². The molecule has 0 spiro atoms. The van der Waals surface area contributed by atoms with Gasteiger partial charge >= 0.3 is 36.2 Å². The number of hydrogen-bond donors (Lipinski definition) is 2. The lowest BCUT2D eigenvalue weighted by atomic mass is 9.84. The first-order chi connectivity index (χ1) is 11.6. The number of esters is 2. The van der Waals surface area contributed by atoms with Crippen molar-refractivity contribution in [3.05, 3.63) is 0 Å². The summed E-state index contributed by atoms with van der Waals surface area (Å²) in [6.07, 6.45) is -13.1. The molecular weight excluding hydrogens is 386 g/mol. The number of carbonyl (C=O) groups excluding carboxylic acids is 2. The maximum absolute atomic E-state index is 12.1. The van der Waals surface area contributed by atoms with Gasteiger partial charge in [0.15, 0.2) is 0 Å². The van der Waals surface area contributed by atoms with Crippen LogP contribution in [-0.4, -0.2) is 59.7 Å². The molecule has 0 bridgehead atoms. The van der Waals surface area contributed by atoms with Gasteiger partial charge in [0.25, 0.3) is 0 Å². The number of halogens is 6. The third-order valence-corrected chi connectivity index (χ3v) is 2.92. The Labute approximate surface area is 140 Å². The number of alkyl halides is 6. The average Bonchev–Trinajstić information content (AvgIpc) is 2.46. The van der Waals surface area contributed by atoms with Gasteiger partial charge in [0.05, 0.1) is 0 Å². The lowest BCUT2D eigenvalue weighted by Crippen LogP contribution is -2.44. The maximum Gasteiger partial charge on any atom is 0.490 e. The van der Waals surface area contributed by atoms with E-state index in [0.29, 0.717) is 0 Å². The molecule has 0 aliphatic carbocycles. The van der Waals surface area contributed by atoms with Crippen molar-refractivity contribution >= 4 is 23.9 Å². The van der Waals surface area contributed by atoms with E-state index in [2.05, 4.69) is 9.47 Å². The van der Waals surface area contributed by atoms with Crippen molar-refractivity contribution in [2.75, 3.05) is 13.2 Å². The van der Waals surface area contributed by atoms with Crippen LogP contribution in [0.4, 0.5) is 26.3 Å². The number of carboxylic acids is 2. The van der Waals surface area contributed by atoms with Crippen LogP contribution in [0.25, 0.3) is 0 Å². The molecule has 14 heteroatoms. The number of ether oxygens (including phenoxy) is 2. The monoisotopic (exact) mass is 398 g/mol. The molecule has 0 aliphatic heterocycles. The zero-order chi connectivity index (χ0) is 20.8. The van der Waals surface area contributed by atoms with Crippen molar-refractivity contribution in [2.24, 2.45) is 5.41 Å². The molecule has 8 nitrogen and oxygen atoms in total. The zero-order valence-electron chi connectivity index (χ0n) is 12.6. The normalized spacial score (nSPS) is 12.4. The molecule has 0 atom stereocenters. The Balaban J connectivity index is 5.35. The van der Waals surface area contributed by atoms with Gasteiger partial charge < -0.3 is 19.7 Å². The smallest absolute Gasteiger partial charge is 0.481 e. The van der Waals surface area contributed by atoms with Crippen LogP contribution in [0, 0.1) is 5.41 Å². The van der Waals surface area contributed by atoms with Crippen molar-refractivity contribution in [2.45, 2.75) is 31.6 Å². The lowest BCUT2D eigenvalue weighted by Gasteiger charge is -2.28. The third kappa shape index (κ3) is 7.57. The molecule has 0 radical (unpaired) electrons. The van der Waals surface area contributed by atoms with Crippen LogP contribution < -0.4 is 0 Å². The Morgan fingerprint density at radius 3 is 1.42 bits per heavy atom. The summed E-state index contributed by atoms with van der Waals surface area (Å²) in [6.45, 7) is -3.18. The molecule has 0 saturated heterocycles. The summed E-state index contributed by atoms with van der Waals surface area (Å²) in [5.74, 6) is -9.11. The molecule has 0 aromatic rings. The second-order valence-electron chi connectivity index (χ2n) is 4.98. The summed E-state index contributed by atoms with van der Waals surface area (Å²) < 4.78 is 80.2. The molecule has 0 unspecified atom stereocenters. The summed E-state index contributed by atoms with van der Waals surface area (Å²) in [5, 5.41) is 17.6. The molecule has 0 aromatic heterocycles. The molecule has 0 saturated carbocycles. The van der Waals surface area contributed by atoms with Crippen molar-refractivity contribution in [3.63, 3.8) is 0 Å². The molecular formula is C12H12F6O8. The molecule has 0 fully saturated rings. The summed E-state index contributed by atoms with van der Waals surface area (Å²) >= 11 is 0. The van der Waals surface area contributed by atoms with Crippen molar-refractivity contribution in [3.8, 4) is 0 Å². The maximum atomic E-state index is 12.1. The Morgan fingerprint density at radius 1 is 0.769 bits per heavy atom. The molecule has 2 N–H and O–H groups in total. The summed E-state index contributed by atoms with van der Waals surface area (Å²) in [7, 11) is 0. The molecule has 0 rings (SSSR count). The highest BCUT2D eigenvalue weighted by molar-refractivity contribution is 5.79. The van der Waals surface area contributed by atoms with E-state index in [9.17, 15) is 45.5 Å². The fourth-order valence-corrected chi connectivity index (χ4v) is 1.57. The highest BCUT2D eigenvalue weighted by atomic mass is 19.4. The molecule has 0 heterocycles. The van der Waals surface area contributed by atoms with Gasteiger partial charge in [-0.3, -0.25) is 9.59 Å². The summed E-state index contributed by atoms with van der Waals surface area (Å²) in [5.41, 5.74) is -2.70. The van der Waals surface area contributed by atoms with Crippen LogP contribution in [0.1, 0.15) is 19.3 Å². The summed E-state index contributed by atoms with van der Waals surface area (Å²) in [6, 6.07) is 0. The third-order valence-electron chi connectivity index (χ3n) is 2.92. The van der Waals surface area contributed by atoms with Gasteiger partial charge in [-0.25, -0.2) is 9.59 Å². The first-order valence-corrected chi connectivity index (χ1v) is 6.55. The number of hydrogen-bond acceptors (Lipinski definition) is 6. The Kier molecular flexibility index (Phi) is 7.86. The molecule has 0 amide bonds. The van der Waals surface area contributed by atoms with Crippen LogP contribution in [-0.2, 0) is 28.7 Å². The predicted octanol–water partition coefficient (Wildman–Crippen LogP) is 1.52. The van der Waals surface area contributed by atoms with Crippen molar-refractivity contribution in [1.82, 2.24) is 0 Å². The Morgan fingerprint density at radius 2 is 1.15 bits per heavy atom. The van der Waals surface area contributed by atoms with Gasteiger partial charge in [0.1, 0.15) is 18.6 Å². The fraction of sp³-hybridized carbons (Fsp3) is 0.667. The van der Waals surface area contributed by atoms with Crippen molar-refractivity contribution < 1.29 is 65.2 Å². The van der Waals surface area contributed by atoms with Crippen molar-refractivity contribution in [1.29, 1.82) is 0 Å². The van der Waals surface area contributed by atoms with E-state index in [1.807, 2.05) is 0 Å².